The summed E-state index contributed by atoms with van der Waals surface area (Å²) in [5.41, 5.74) is 0. The minimum atomic E-state index is -0.171. The number of thioether (sulfide) groups is 1. The van der Waals surface area contributed by atoms with Gasteiger partial charge in [0.15, 0.2) is 4.67 Å². The van der Waals surface area contributed by atoms with Crippen molar-refractivity contribution in [2.24, 2.45) is 0 Å². The fourth-order valence-corrected chi connectivity index (χ4v) is 3.78. The molecule has 24 heavy (non-hydrogen) atoms. The Hall–Kier alpha value is -1.12. The minimum absolute atomic E-state index is 0.0945. The quantitative estimate of drug-likeness (QED) is 0.263. The third-order valence-corrected chi connectivity index (χ3v) is 5.11. The van der Waals surface area contributed by atoms with Crippen LogP contribution in [0.4, 0.5) is 0 Å². The summed E-state index contributed by atoms with van der Waals surface area (Å²) in [5.74, 6) is 0.343. The van der Waals surface area contributed by atoms with Crippen LogP contribution in [0.2, 0.25) is 0 Å². The maximum Gasteiger partial charge on any atom is 0.305 e. The first kappa shape index (κ1) is 19.2. The lowest BCUT2D eigenvalue weighted by Crippen LogP contribution is -2.29. The van der Waals surface area contributed by atoms with Gasteiger partial charge in [-0.1, -0.05) is 30.4 Å². The van der Waals surface area contributed by atoms with Crippen molar-refractivity contribution in [3.05, 3.63) is 27.5 Å². The molecule has 1 aromatic rings. The molecule has 0 saturated carbocycles. The van der Waals surface area contributed by atoms with Crippen molar-refractivity contribution in [1.29, 1.82) is 0 Å². The first-order valence-corrected chi connectivity index (χ1v) is 9.69. The number of ether oxygens (including phenoxy) is 1. The second-order valence-electron chi connectivity index (χ2n) is 5.09. The highest BCUT2D eigenvalue weighted by Gasteiger charge is 2.31. The molecule has 2 heterocycles. The Morgan fingerprint density at radius 1 is 1.42 bits per heavy atom. The second kappa shape index (κ2) is 9.39. The molecule has 1 amide bonds. The molecular weight excluding hydrogens is 414 g/mol. The van der Waals surface area contributed by atoms with Gasteiger partial charge < -0.3 is 9.15 Å². The number of thiocarbonyl (C=S) groups is 1. The highest BCUT2D eigenvalue weighted by Crippen LogP contribution is 2.33. The van der Waals surface area contributed by atoms with E-state index in [0.717, 1.165) is 19.3 Å². The van der Waals surface area contributed by atoms with Gasteiger partial charge in [0.2, 0.25) is 0 Å². The lowest BCUT2D eigenvalue weighted by molar-refractivity contribution is -0.143. The van der Waals surface area contributed by atoms with Gasteiger partial charge in [0.25, 0.3) is 5.91 Å². The Morgan fingerprint density at radius 3 is 2.88 bits per heavy atom. The Kier molecular flexibility index (Phi) is 7.51. The molecule has 5 nitrogen and oxygen atoms in total. The van der Waals surface area contributed by atoms with Gasteiger partial charge in [0.1, 0.15) is 10.1 Å². The molecular formula is C16H18BrNO4S2. The average molecular weight is 432 g/mol. The Balaban J connectivity index is 1.80. The molecule has 1 aromatic heterocycles. The number of furan rings is 1. The van der Waals surface area contributed by atoms with Crippen LogP contribution in [0, 0.1) is 0 Å². The number of carbonyl (C=O) groups is 2. The maximum atomic E-state index is 12.4. The number of nitrogens with zero attached hydrogens (tertiary/aromatic N) is 1. The van der Waals surface area contributed by atoms with Crippen molar-refractivity contribution >= 4 is 62.2 Å². The zero-order valence-electron chi connectivity index (χ0n) is 13.2. The zero-order valence-corrected chi connectivity index (χ0v) is 16.5. The van der Waals surface area contributed by atoms with Crippen LogP contribution in [0.1, 0.15) is 38.4 Å². The van der Waals surface area contributed by atoms with E-state index in [0.29, 0.717) is 39.2 Å². The summed E-state index contributed by atoms with van der Waals surface area (Å²) in [6, 6.07) is 3.56. The fraction of sp³-hybridized carbons (Fsp3) is 0.438. The van der Waals surface area contributed by atoms with E-state index in [2.05, 4.69) is 15.9 Å². The summed E-state index contributed by atoms with van der Waals surface area (Å²) in [6.07, 6.45) is 4.51. The molecule has 0 spiro atoms. The predicted octanol–water partition coefficient (Wildman–Crippen LogP) is 4.37. The van der Waals surface area contributed by atoms with Crippen molar-refractivity contribution in [3.8, 4) is 0 Å². The fourth-order valence-electron chi connectivity index (χ4n) is 2.18. The van der Waals surface area contributed by atoms with Gasteiger partial charge in [-0.25, -0.2) is 0 Å². The molecule has 1 aliphatic rings. The van der Waals surface area contributed by atoms with E-state index in [9.17, 15) is 9.59 Å². The number of rotatable bonds is 8. The van der Waals surface area contributed by atoms with Crippen LogP contribution in [-0.2, 0) is 14.3 Å². The molecule has 130 valence electrons. The first-order valence-electron chi connectivity index (χ1n) is 7.67. The summed E-state index contributed by atoms with van der Waals surface area (Å²) >= 11 is 9.80. The SMILES string of the molecule is CCOC(=O)CCCCCN1C(=O)/C(=C\c2ccc(Br)o2)SC1=S. The van der Waals surface area contributed by atoms with Gasteiger partial charge in [-0.05, 0) is 47.8 Å². The summed E-state index contributed by atoms with van der Waals surface area (Å²) in [7, 11) is 0. The van der Waals surface area contributed by atoms with Crippen molar-refractivity contribution in [2.45, 2.75) is 32.6 Å². The molecule has 2 rings (SSSR count). The van der Waals surface area contributed by atoms with Crippen molar-refractivity contribution in [3.63, 3.8) is 0 Å². The number of halogens is 1. The summed E-state index contributed by atoms with van der Waals surface area (Å²) < 4.78 is 11.4. The highest BCUT2D eigenvalue weighted by molar-refractivity contribution is 9.10. The van der Waals surface area contributed by atoms with E-state index < -0.39 is 0 Å². The highest BCUT2D eigenvalue weighted by atomic mass is 79.9. The van der Waals surface area contributed by atoms with Crippen LogP contribution in [0.25, 0.3) is 6.08 Å². The summed E-state index contributed by atoms with van der Waals surface area (Å²) in [4.78, 5) is 25.8. The van der Waals surface area contributed by atoms with Crippen LogP contribution in [0.5, 0.6) is 0 Å². The molecule has 0 atom stereocenters. The standard InChI is InChI=1S/C16H18BrNO4S2/c1-2-21-14(19)6-4-3-5-9-18-15(20)12(24-16(18)23)10-11-7-8-13(17)22-11/h7-8,10H,2-6,9H2,1H3/b12-10+. The van der Waals surface area contributed by atoms with E-state index in [4.69, 9.17) is 21.4 Å². The van der Waals surface area contributed by atoms with E-state index in [-0.39, 0.29) is 11.9 Å². The van der Waals surface area contributed by atoms with Crippen molar-refractivity contribution in [2.75, 3.05) is 13.2 Å². The Morgan fingerprint density at radius 2 is 2.21 bits per heavy atom. The monoisotopic (exact) mass is 431 g/mol. The number of amides is 1. The Labute approximate surface area is 158 Å². The topological polar surface area (TPSA) is 59.8 Å². The van der Waals surface area contributed by atoms with E-state index in [1.54, 1.807) is 30.0 Å². The average Bonchev–Trinajstić information content (AvgIpc) is 3.05. The predicted molar refractivity (Wildman–Crippen MR) is 101 cm³/mol. The van der Waals surface area contributed by atoms with Gasteiger partial charge in [0, 0.05) is 19.0 Å². The van der Waals surface area contributed by atoms with Crippen LogP contribution < -0.4 is 0 Å². The van der Waals surface area contributed by atoms with E-state index in [1.165, 1.54) is 11.8 Å². The molecule has 0 radical (unpaired) electrons. The van der Waals surface area contributed by atoms with Crippen LogP contribution in [-0.4, -0.2) is 34.2 Å². The van der Waals surface area contributed by atoms with Gasteiger partial charge in [-0.3, -0.25) is 14.5 Å². The largest absolute Gasteiger partial charge is 0.466 e. The summed E-state index contributed by atoms with van der Waals surface area (Å²) in [6.45, 7) is 2.77. The van der Waals surface area contributed by atoms with Gasteiger partial charge in [0.05, 0.1) is 11.5 Å². The molecule has 1 saturated heterocycles. The number of carbonyl (C=O) groups excluding carboxylic acids is 2. The number of esters is 1. The smallest absolute Gasteiger partial charge is 0.305 e. The van der Waals surface area contributed by atoms with E-state index >= 15 is 0 Å². The molecule has 0 N–H and O–H groups in total. The van der Waals surface area contributed by atoms with Crippen molar-refractivity contribution in [1.82, 2.24) is 4.90 Å². The second-order valence-corrected chi connectivity index (χ2v) is 7.55. The molecule has 0 aliphatic carbocycles. The van der Waals surface area contributed by atoms with Crippen LogP contribution in [0.15, 0.2) is 26.1 Å². The molecule has 1 aliphatic heterocycles. The maximum absolute atomic E-state index is 12.4. The number of unbranched alkanes of at least 4 members (excludes halogenated alkanes) is 2. The van der Waals surface area contributed by atoms with Crippen LogP contribution >= 0.6 is 39.9 Å². The van der Waals surface area contributed by atoms with Crippen molar-refractivity contribution < 1.29 is 18.7 Å². The van der Waals surface area contributed by atoms with Crippen LogP contribution in [0.3, 0.4) is 0 Å². The van der Waals surface area contributed by atoms with Gasteiger partial charge >= 0.3 is 5.97 Å². The summed E-state index contributed by atoms with van der Waals surface area (Å²) in [5, 5.41) is 0. The zero-order chi connectivity index (χ0) is 17.5. The first-order chi connectivity index (χ1) is 11.5. The lowest BCUT2D eigenvalue weighted by atomic mass is 10.2. The third-order valence-electron chi connectivity index (χ3n) is 3.31. The lowest BCUT2D eigenvalue weighted by Gasteiger charge is -2.13. The molecule has 0 bridgehead atoms. The van der Waals surface area contributed by atoms with Gasteiger partial charge in [-0.2, -0.15) is 0 Å². The number of hydrogen-bond acceptors (Lipinski definition) is 6. The molecule has 0 aromatic carbocycles. The Bertz CT molecular complexity index is 656. The minimum Gasteiger partial charge on any atom is -0.466 e. The molecule has 1 fully saturated rings. The third kappa shape index (κ3) is 5.46. The normalized spacial score (nSPS) is 16.2. The molecule has 0 unspecified atom stereocenters. The van der Waals surface area contributed by atoms with E-state index in [1.807, 2.05) is 0 Å². The van der Waals surface area contributed by atoms with Gasteiger partial charge in [-0.15, -0.1) is 0 Å². The molecule has 8 heteroatoms. The number of hydrogen-bond donors (Lipinski definition) is 0.